The number of ether oxygens (including phenoxy) is 2. The van der Waals surface area contributed by atoms with Gasteiger partial charge in [-0.25, -0.2) is 0 Å². The largest absolute Gasteiger partial charge is 0.497 e. The number of anilines is 1. The van der Waals surface area contributed by atoms with E-state index in [2.05, 4.69) is 45.1 Å². The summed E-state index contributed by atoms with van der Waals surface area (Å²) in [6, 6.07) is 8.34. The molecule has 0 spiro atoms. The molecule has 0 aliphatic carbocycles. The molecule has 1 aromatic rings. The van der Waals surface area contributed by atoms with E-state index < -0.39 is 0 Å². The van der Waals surface area contributed by atoms with Gasteiger partial charge in [0, 0.05) is 64.7 Å². The molecule has 176 valence electrons. The molecule has 0 unspecified atom stereocenters. The van der Waals surface area contributed by atoms with E-state index in [9.17, 15) is 0 Å². The number of piperidine rings is 1. The molecule has 0 saturated carbocycles. The maximum Gasteiger partial charge on any atom is 0.194 e. The molecule has 2 aliphatic heterocycles. The van der Waals surface area contributed by atoms with Gasteiger partial charge in [-0.3, -0.25) is 4.99 Å². The predicted octanol–water partition coefficient (Wildman–Crippen LogP) is 2.76. The molecular weight excluding hydrogens is 505 g/mol. The van der Waals surface area contributed by atoms with E-state index in [0.29, 0.717) is 5.92 Å². The van der Waals surface area contributed by atoms with Crippen LogP contribution in [0.25, 0.3) is 0 Å². The Morgan fingerprint density at radius 3 is 2.48 bits per heavy atom. The van der Waals surface area contributed by atoms with Gasteiger partial charge >= 0.3 is 0 Å². The van der Waals surface area contributed by atoms with Crippen molar-refractivity contribution >= 4 is 35.6 Å². The van der Waals surface area contributed by atoms with Crippen molar-refractivity contribution in [1.82, 2.24) is 15.1 Å². The summed E-state index contributed by atoms with van der Waals surface area (Å²) in [6.45, 7) is 12.2. The van der Waals surface area contributed by atoms with Crippen molar-refractivity contribution < 1.29 is 9.47 Å². The summed E-state index contributed by atoms with van der Waals surface area (Å²) in [5.74, 6) is 2.68. The van der Waals surface area contributed by atoms with Gasteiger partial charge in [-0.2, -0.15) is 0 Å². The lowest BCUT2D eigenvalue weighted by molar-refractivity contribution is 0.121. The van der Waals surface area contributed by atoms with Gasteiger partial charge in [-0.1, -0.05) is 6.07 Å². The zero-order valence-electron chi connectivity index (χ0n) is 19.4. The minimum absolute atomic E-state index is 0. The fourth-order valence-corrected chi connectivity index (χ4v) is 4.24. The van der Waals surface area contributed by atoms with Crippen molar-refractivity contribution in [2.24, 2.45) is 10.9 Å². The molecule has 0 radical (unpaired) electrons. The number of nitrogens with zero attached hydrogens (tertiary/aromatic N) is 4. The third-order valence-corrected chi connectivity index (χ3v) is 6.15. The number of likely N-dealkylation sites (tertiary alicyclic amines) is 1. The van der Waals surface area contributed by atoms with Crippen LogP contribution in [0.5, 0.6) is 5.75 Å². The number of methoxy groups -OCH3 is 2. The van der Waals surface area contributed by atoms with Crippen LogP contribution < -0.4 is 15.0 Å². The summed E-state index contributed by atoms with van der Waals surface area (Å²) in [6.07, 6.45) is 2.46. The van der Waals surface area contributed by atoms with E-state index in [0.717, 1.165) is 64.1 Å². The molecule has 31 heavy (non-hydrogen) atoms. The summed E-state index contributed by atoms with van der Waals surface area (Å²) in [4.78, 5) is 12.4. The molecule has 2 aliphatic rings. The zero-order valence-corrected chi connectivity index (χ0v) is 21.7. The molecule has 3 rings (SSSR count). The molecule has 0 bridgehead atoms. The standard InChI is InChI=1S/C23H39N5O2.HI/c1-4-24-23(25-19-20-8-10-26(11-9-20)16-17-29-2)28-14-12-27(13-15-28)21-6-5-7-22(18-21)30-3;/h5-7,18,20H,4,8-17,19H2,1-3H3,(H,24,25);1H. The van der Waals surface area contributed by atoms with Crippen molar-refractivity contribution in [3.05, 3.63) is 24.3 Å². The molecular formula is C23H40IN5O2. The lowest BCUT2D eigenvalue weighted by Crippen LogP contribution is -2.52. The third kappa shape index (κ3) is 7.98. The number of halogens is 1. The molecule has 1 aromatic carbocycles. The molecule has 0 atom stereocenters. The second-order valence-electron chi connectivity index (χ2n) is 8.15. The Balaban J connectivity index is 0.00000341. The Morgan fingerprint density at radius 1 is 1.10 bits per heavy atom. The van der Waals surface area contributed by atoms with Crippen LogP contribution in [0, 0.1) is 5.92 Å². The van der Waals surface area contributed by atoms with E-state index >= 15 is 0 Å². The monoisotopic (exact) mass is 545 g/mol. The number of nitrogens with one attached hydrogen (secondary N) is 1. The molecule has 8 heteroatoms. The number of hydrogen-bond acceptors (Lipinski definition) is 5. The zero-order chi connectivity index (χ0) is 21.2. The Bertz CT molecular complexity index is 659. The normalized spacial score (nSPS) is 18.6. The highest BCUT2D eigenvalue weighted by molar-refractivity contribution is 14.0. The molecule has 0 aromatic heterocycles. The van der Waals surface area contributed by atoms with Crippen LogP contribution in [0.15, 0.2) is 29.3 Å². The first-order valence-electron chi connectivity index (χ1n) is 11.4. The number of benzene rings is 1. The van der Waals surface area contributed by atoms with Crippen LogP contribution in [0.1, 0.15) is 19.8 Å². The van der Waals surface area contributed by atoms with E-state index in [1.807, 2.05) is 6.07 Å². The quantitative estimate of drug-likeness (QED) is 0.308. The van der Waals surface area contributed by atoms with E-state index in [-0.39, 0.29) is 24.0 Å². The summed E-state index contributed by atoms with van der Waals surface area (Å²) in [5.41, 5.74) is 1.23. The van der Waals surface area contributed by atoms with Gasteiger partial charge in [0.2, 0.25) is 0 Å². The smallest absolute Gasteiger partial charge is 0.194 e. The van der Waals surface area contributed by atoms with Gasteiger partial charge in [-0.05, 0) is 50.9 Å². The van der Waals surface area contributed by atoms with E-state index in [4.69, 9.17) is 14.5 Å². The summed E-state index contributed by atoms with van der Waals surface area (Å²) < 4.78 is 10.6. The Morgan fingerprint density at radius 2 is 1.84 bits per heavy atom. The first-order chi connectivity index (χ1) is 14.7. The average Bonchev–Trinajstić information content (AvgIpc) is 2.81. The number of piperazine rings is 1. The maximum atomic E-state index is 5.38. The topological polar surface area (TPSA) is 52.6 Å². The minimum atomic E-state index is 0. The van der Waals surface area contributed by atoms with Crippen LogP contribution in [-0.2, 0) is 4.74 Å². The molecule has 2 fully saturated rings. The Kier molecular flexibility index (Phi) is 11.7. The van der Waals surface area contributed by atoms with Gasteiger partial charge in [0.05, 0.1) is 13.7 Å². The number of rotatable bonds is 8. The number of guanidine groups is 1. The van der Waals surface area contributed by atoms with Crippen molar-refractivity contribution in [3.63, 3.8) is 0 Å². The van der Waals surface area contributed by atoms with Crippen LogP contribution in [0.2, 0.25) is 0 Å². The summed E-state index contributed by atoms with van der Waals surface area (Å²) >= 11 is 0. The van der Waals surface area contributed by atoms with E-state index in [1.165, 1.54) is 31.6 Å². The number of aliphatic imine (C=N–C) groups is 1. The van der Waals surface area contributed by atoms with Crippen LogP contribution >= 0.6 is 24.0 Å². The first kappa shape index (κ1) is 26.0. The Hall–Kier alpha value is -1.26. The first-order valence-corrected chi connectivity index (χ1v) is 11.4. The van der Waals surface area contributed by atoms with Gasteiger partial charge < -0.3 is 29.5 Å². The Labute approximate surface area is 205 Å². The molecule has 7 nitrogen and oxygen atoms in total. The highest BCUT2D eigenvalue weighted by atomic mass is 127. The van der Waals surface area contributed by atoms with Gasteiger partial charge in [0.15, 0.2) is 5.96 Å². The van der Waals surface area contributed by atoms with Crippen LogP contribution in [0.3, 0.4) is 0 Å². The van der Waals surface area contributed by atoms with Crippen molar-refractivity contribution in [3.8, 4) is 5.75 Å². The minimum Gasteiger partial charge on any atom is -0.497 e. The highest BCUT2D eigenvalue weighted by Crippen LogP contribution is 2.22. The predicted molar refractivity (Wildman–Crippen MR) is 139 cm³/mol. The summed E-state index contributed by atoms with van der Waals surface area (Å²) in [7, 11) is 3.50. The fraction of sp³-hybridized carbons (Fsp3) is 0.696. The SMILES string of the molecule is CCNC(=NCC1CCN(CCOC)CC1)N1CCN(c2cccc(OC)c2)CC1.I. The van der Waals surface area contributed by atoms with Crippen molar-refractivity contribution in [2.45, 2.75) is 19.8 Å². The second kappa shape index (κ2) is 14.0. The van der Waals surface area contributed by atoms with Gasteiger partial charge in [0.25, 0.3) is 0 Å². The summed E-state index contributed by atoms with van der Waals surface area (Å²) in [5, 5.41) is 3.51. The molecule has 2 heterocycles. The average molecular weight is 546 g/mol. The van der Waals surface area contributed by atoms with Gasteiger partial charge in [0.1, 0.15) is 5.75 Å². The van der Waals surface area contributed by atoms with Crippen LogP contribution in [0.4, 0.5) is 5.69 Å². The fourth-order valence-electron chi connectivity index (χ4n) is 4.24. The second-order valence-corrected chi connectivity index (χ2v) is 8.15. The van der Waals surface area contributed by atoms with Crippen molar-refractivity contribution in [1.29, 1.82) is 0 Å². The molecule has 2 saturated heterocycles. The third-order valence-electron chi connectivity index (χ3n) is 6.15. The lowest BCUT2D eigenvalue weighted by atomic mass is 9.97. The highest BCUT2D eigenvalue weighted by Gasteiger charge is 2.22. The number of hydrogen-bond donors (Lipinski definition) is 1. The lowest BCUT2D eigenvalue weighted by Gasteiger charge is -2.38. The maximum absolute atomic E-state index is 5.38. The van der Waals surface area contributed by atoms with E-state index in [1.54, 1.807) is 14.2 Å². The van der Waals surface area contributed by atoms with Crippen LogP contribution in [-0.4, -0.2) is 95.5 Å². The van der Waals surface area contributed by atoms with Crippen molar-refractivity contribution in [2.75, 3.05) is 84.6 Å². The molecule has 0 amide bonds. The van der Waals surface area contributed by atoms with Gasteiger partial charge in [-0.15, -0.1) is 24.0 Å². The molecule has 1 N–H and O–H groups in total.